The molecule has 0 bridgehead atoms. The van der Waals surface area contributed by atoms with Crippen LogP contribution in [0.2, 0.25) is 5.02 Å². The van der Waals surface area contributed by atoms with Crippen LogP contribution in [0.25, 0.3) is 0 Å². The van der Waals surface area contributed by atoms with Crippen LogP contribution < -0.4 is 15.4 Å². The second-order valence-corrected chi connectivity index (χ2v) is 19.5. The van der Waals surface area contributed by atoms with Crippen molar-refractivity contribution in [2.24, 2.45) is 5.92 Å². The fourth-order valence-electron chi connectivity index (χ4n) is 7.40. The van der Waals surface area contributed by atoms with Gasteiger partial charge in [0, 0.05) is 28.7 Å². The first-order valence-electron chi connectivity index (χ1n) is 21.6. The molecule has 2 heterocycles. The molecule has 5 rings (SSSR count). The fourth-order valence-corrected chi connectivity index (χ4v) is 9.30. The third-order valence-electron chi connectivity index (χ3n) is 11.0. The summed E-state index contributed by atoms with van der Waals surface area (Å²) in [4.78, 5) is 66.3. The van der Waals surface area contributed by atoms with Crippen LogP contribution >= 0.6 is 11.6 Å². The monoisotopic (exact) mass is 893 g/mol. The summed E-state index contributed by atoms with van der Waals surface area (Å²) in [7, 11) is -1.79. The quantitative estimate of drug-likeness (QED) is 0.0746. The van der Waals surface area contributed by atoms with Crippen molar-refractivity contribution in [1.82, 2.24) is 20.0 Å². The highest BCUT2D eigenvalue weighted by molar-refractivity contribution is 7.91. The molecule has 0 spiro atoms. The zero-order chi connectivity index (χ0) is 45.5. The number of methoxy groups -OCH3 is 1. The minimum absolute atomic E-state index is 0.0209. The van der Waals surface area contributed by atoms with E-state index in [4.69, 9.17) is 16.3 Å². The molecule has 2 aliphatic heterocycles. The summed E-state index contributed by atoms with van der Waals surface area (Å²) in [5, 5.41) is 5.78. The molecule has 1 atom stereocenters. The lowest BCUT2D eigenvalue weighted by Crippen LogP contribution is -2.40. The average molecular weight is 895 g/mol. The number of halogens is 1. The largest absolute Gasteiger partial charge is 0.496 e. The Morgan fingerprint density at radius 2 is 1.47 bits per heavy atom. The van der Waals surface area contributed by atoms with Gasteiger partial charge in [-0.05, 0) is 62.6 Å². The Kier molecular flexibility index (Phi) is 18.8. The van der Waals surface area contributed by atoms with Crippen molar-refractivity contribution in [1.29, 1.82) is 0 Å². The van der Waals surface area contributed by atoms with E-state index in [9.17, 15) is 32.4 Å². The Hall–Kier alpha value is -4.95. The highest BCUT2D eigenvalue weighted by atomic mass is 35.5. The molecule has 3 aromatic carbocycles. The maximum Gasteiger partial charge on any atom is 0.327 e. The lowest BCUT2D eigenvalue weighted by Gasteiger charge is -2.18. The lowest BCUT2D eigenvalue weighted by atomic mass is 10.1. The first-order chi connectivity index (χ1) is 29.4. The summed E-state index contributed by atoms with van der Waals surface area (Å²) in [6.45, 7) is 9.65. The molecule has 338 valence electrons. The van der Waals surface area contributed by atoms with Crippen molar-refractivity contribution in [3.8, 4) is 5.75 Å². The molecule has 15 heteroatoms. The zero-order valence-electron chi connectivity index (χ0n) is 37.1. The zero-order valence-corrected chi connectivity index (χ0v) is 38.7. The van der Waals surface area contributed by atoms with Gasteiger partial charge in [0.05, 0.1) is 31.7 Å². The van der Waals surface area contributed by atoms with Gasteiger partial charge >= 0.3 is 12.1 Å². The number of amides is 7. The summed E-state index contributed by atoms with van der Waals surface area (Å²) in [6, 6.07) is 19.2. The molecule has 0 aliphatic carbocycles. The molecule has 1 unspecified atom stereocenters. The Labute approximate surface area is 372 Å². The number of anilines is 1. The first-order valence-corrected chi connectivity index (χ1v) is 23.8. The molecule has 3 aromatic rings. The number of nitrogens with zero attached hydrogens (tertiary/aromatic N) is 3. The summed E-state index contributed by atoms with van der Waals surface area (Å²) < 4.78 is 30.6. The summed E-state index contributed by atoms with van der Waals surface area (Å²) in [5.41, 5.74) is 2.89. The number of sulfone groups is 1. The van der Waals surface area contributed by atoms with Gasteiger partial charge in [-0.2, -0.15) is 0 Å². The van der Waals surface area contributed by atoms with Crippen LogP contribution in [0.15, 0.2) is 66.7 Å². The third kappa shape index (κ3) is 14.9. The predicted octanol–water partition coefficient (Wildman–Crippen LogP) is 9.05. The topological polar surface area (TPSA) is 162 Å². The second-order valence-electron chi connectivity index (χ2n) is 16.9. The minimum Gasteiger partial charge on any atom is -0.496 e. The maximum atomic E-state index is 13.0. The highest BCUT2D eigenvalue weighted by Gasteiger charge is 2.44. The van der Waals surface area contributed by atoms with Crippen LogP contribution in [0.4, 0.5) is 15.3 Å². The molecular formula is C47H64ClN5O8S. The van der Waals surface area contributed by atoms with Crippen LogP contribution in [0.5, 0.6) is 5.75 Å². The van der Waals surface area contributed by atoms with E-state index in [-0.39, 0.29) is 49.0 Å². The smallest absolute Gasteiger partial charge is 0.327 e. The Morgan fingerprint density at radius 1 is 0.839 bits per heavy atom. The Morgan fingerprint density at radius 3 is 2.08 bits per heavy atom. The van der Waals surface area contributed by atoms with E-state index < -0.39 is 33.2 Å². The molecule has 13 nitrogen and oxygen atoms in total. The molecule has 0 saturated carbocycles. The summed E-state index contributed by atoms with van der Waals surface area (Å²) in [6.07, 6.45) is 11.3. The van der Waals surface area contributed by atoms with Crippen molar-refractivity contribution in [3.05, 3.63) is 94.0 Å². The number of rotatable bonds is 22. The number of urea groups is 2. The third-order valence-corrected chi connectivity index (χ3v) is 13.2. The summed E-state index contributed by atoms with van der Waals surface area (Å²) in [5.74, 6) is -1.15. The van der Waals surface area contributed by atoms with Gasteiger partial charge in [0.2, 0.25) is 5.91 Å². The first kappa shape index (κ1) is 49.7. The molecule has 7 amide bonds. The van der Waals surface area contributed by atoms with Crippen molar-refractivity contribution >= 4 is 56.9 Å². The number of imide groups is 2. The number of carbonyl (C=O) groups is 5. The van der Waals surface area contributed by atoms with Crippen LogP contribution in [0.1, 0.15) is 114 Å². The molecule has 62 heavy (non-hydrogen) atoms. The average Bonchev–Trinajstić information content (AvgIpc) is 3.59. The van der Waals surface area contributed by atoms with Crippen LogP contribution in [-0.2, 0) is 43.9 Å². The number of nitrogens with one attached hydrogen (secondary N) is 2. The normalized spacial score (nSPS) is 15.4. The molecule has 2 saturated heterocycles. The van der Waals surface area contributed by atoms with Gasteiger partial charge in [-0.1, -0.05) is 131 Å². The molecule has 2 fully saturated rings. The van der Waals surface area contributed by atoms with E-state index in [1.54, 1.807) is 46.1 Å². The summed E-state index contributed by atoms with van der Waals surface area (Å²) >= 11 is 6.38. The standard InChI is InChI=1S/C33H46ClN3O5S.C14H18N2O3/c1-3-4-5-6-7-8-9-10-11-15-20-43(41,42)25-26(2)32(39)35-29-18-19-30(34)28(21-29)23-37-31(38)24-36(33(37)40)22-27-16-13-12-14-17-27;1-9-5-6-11(19-4)10(7-9)8-16-12(17)14(2,3)15-13(16)18/h12-14,16-19,21,26H,3-11,15,20,22-25H2,1-2H3,(H,35,39);5-7H,8H2,1-4H3,(H,15,18). The van der Waals surface area contributed by atoms with Gasteiger partial charge in [0.1, 0.15) is 17.8 Å². The fraction of sp³-hybridized carbons (Fsp3) is 0.511. The molecule has 2 N–H and O–H groups in total. The van der Waals surface area contributed by atoms with Crippen molar-refractivity contribution in [2.75, 3.05) is 30.5 Å². The second kappa shape index (κ2) is 23.5. The van der Waals surface area contributed by atoms with Crippen molar-refractivity contribution in [3.63, 3.8) is 0 Å². The van der Waals surface area contributed by atoms with Crippen LogP contribution in [0, 0.1) is 12.8 Å². The number of aryl methyl sites for hydroxylation is 1. The Balaban J connectivity index is 0.000000368. The maximum absolute atomic E-state index is 13.0. The minimum atomic E-state index is -3.36. The van der Waals surface area contributed by atoms with E-state index in [2.05, 4.69) is 17.6 Å². The molecule has 0 radical (unpaired) electrons. The van der Waals surface area contributed by atoms with Crippen LogP contribution in [-0.4, -0.2) is 83.6 Å². The molecule has 2 aliphatic rings. The van der Waals surface area contributed by atoms with Gasteiger partial charge in [0.25, 0.3) is 11.8 Å². The van der Waals surface area contributed by atoms with E-state index in [0.717, 1.165) is 40.9 Å². The van der Waals surface area contributed by atoms with Crippen LogP contribution in [0.3, 0.4) is 0 Å². The SMILES string of the molecule is CCCCCCCCCCCCS(=O)(=O)CC(C)C(=O)Nc1ccc(Cl)c(CN2C(=O)CN(Cc3ccccc3)C2=O)c1.COc1ccc(C)cc1CN1C(=O)NC(C)(C)C1=O. The van der Waals surface area contributed by atoms with E-state index in [0.29, 0.717) is 35.0 Å². The van der Waals surface area contributed by atoms with Gasteiger partial charge in [0.15, 0.2) is 9.84 Å². The predicted molar refractivity (Wildman–Crippen MR) is 243 cm³/mol. The van der Waals surface area contributed by atoms with Gasteiger partial charge in [-0.3, -0.25) is 24.2 Å². The molecule has 0 aromatic heterocycles. The molecular weight excluding hydrogens is 830 g/mol. The van der Waals surface area contributed by atoms with Gasteiger partial charge in [-0.25, -0.2) is 18.0 Å². The van der Waals surface area contributed by atoms with Gasteiger partial charge < -0.3 is 20.3 Å². The number of carbonyl (C=O) groups excluding carboxylic acids is 5. The van der Waals surface area contributed by atoms with Crippen molar-refractivity contribution < 1.29 is 37.1 Å². The number of unbranched alkanes of at least 4 members (excludes halogenated alkanes) is 9. The number of hydrogen-bond acceptors (Lipinski definition) is 8. The number of ether oxygens (including phenoxy) is 1. The number of hydrogen-bond donors (Lipinski definition) is 2. The Bertz CT molecular complexity index is 2130. The van der Waals surface area contributed by atoms with Crippen molar-refractivity contribution in [2.45, 2.75) is 124 Å². The number of benzene rings is 3. The van der Waals surface area contributed by atoms with E-state index >= 15 is 0 Å². The van der Waals surface area contributed by atoms with E-state index in [1.807, 2.05) is 55.5 Å². The van der Waals surface area contributed by atoms with Gasteiger partial charge in [-0.15, -0.1) is 0 Å². The highest BCUT2D eigenvalue weighted by Crippen LogP contribution is 2.27. The lowest BCUT2D eigenvalue weighted by molar-refractivity contribution is -0.130. The van der Waals surface area contributed by atoms with E-state index in [1.165, 1.54) is 48.3 Å².